The Morgan fingerprint density at radius 1 is 1.40 bits per heavy atom. The summed E-state index contributed by atoms with van der Waals surface area (Å²) in [6.45, 7) is 12.5. The van der Waals surface area contributed by atoms with Crippen LogP contribution in [0, 0.1) is 0 Å². The Balaban J connectivity index is 0. The van der Waals surface area contributed by atoms with Crippen LogP contribution in [0.4, 0.5) is 0 Å². The van der Waals surface area contributed by atoms with Crippen molar-refractivity contribution >= 4 is 5.90 Å². The number of hydrogen-bond donors (Lipinski definition) is 0. The van der Waals surface area contributed by atoms with E-state index in [1.165, 1.54) is 12.5 Å². The zero-order valence-corrected chi connectivity index (χ0v) is 6.92. The zero-order chi connectivity index (χ0) is 8.41. The maximum absolute atomic E-state index is 4.72. The minimum Gasteiger partial charge on any atom is -0.452 e. The van der Waals surface area contributed by atoms with Crippen molar-refractivity contribution in [3.63, 3.8) is 0 Å². The third-order valence-corrected chi connectivity index (χ3v) is 0.527. The largest absolute Gasteiger partial charge is 0.452 e. The molecule has 0 radical (unpaired) electrons. The van der Waals surface area contributed by atoms with E-state index in [1.807, 2.05) is 13.8 Å². The quantitative estimate of drug-likeness (QED) is 0.329. The minimum atomic E-state index is 0.551. The summed E-state index contributed by atoms with van der Waals surface area (Å²) in [5, 5.41) is 0. The van der Waals surface area contributed by atoms with Crippen LogP contribution in [0.15, 0.2) is 30.6 Å². The minimum absolute atomic E-state index is 0.551. The number of hydrogen-bond acceptors (Lipinski definition) is 2. The third-order valence-electron chi connectivity index (χ3n) is 0.527. The first kappa shape index (κ1) is 11.7. The molecular weight excluding hydrogens is 126 g/mol. The molecule has 0 saturated heterocycles. The average Bonchev–Trinajstić information content (AvgIpc) is 1.93. The van der Waals surface area contributed by atoms with E-state index in [9.17, 15) is 0 Å². The molecule has 0 unspecified atom stereocenters. The zero-order valence-electron chi connectivity index (χ0n) is 6.92. The summed E-state index contributed by atoms with van der Waals surface area (Å²) >= 11 is 0. The molecule has 0 saturated carbocycles. The number of nitrogens with zero attached hydrogens (tertiary/aromatic N) is 1. The molecule has 0 amide bonds. The van der Waals surface area contributed by atoms with Crippen LogP contribution < -0.4 is 0 Å². The van der Waals surface area contributed by atoms with Gasteiger partial charge in [0.05, 0.1) is 6.26 Å². The van der Waals surface area contributed by atoms with Gasteiger partial charge in [-0.2, -0.15) is 0 Å². The molecule has 58 valence electrons. The standard InChI is InChI=1S/C6H9NO.C2H6/c1-4-7-6(3)8-5-2;1-2/h4-5H,1-2H2,3H3;1-2H3. The van der Waals surface area contributed by atoms with E-state index in [0.29, 0.717) is 5.90 Å². The molecule has 0 atom stereocenters. The van der Waals surface area contributed by atoms with Crippen molar-refractivity contribution in [2.24, 2.45) is 4.99 Å². The molecule has 0 spiro atoms. The summed E-state index contributed by atoms with van der Waals surface area (Å²) in [5.41, 5.74) is 0. The summed E-state index contributed by atoms with van der Waals surface area (Å²) < 4.78 is 4.72. The topological polar surface area (TPSA) is 21.6 Å². The molecule has 0 aliphatic rings. The molecule has 0 aromatic carbocycles. The number of aliphatic imine (C=N–C) groups is 1. The van der Waals surface area contributed by atoms with Crippen molar-refractivity contribution in [3.05, 3.63) is 25.6 Å². The Morgan fingerprint density at radius 2 is 1.90 bits per heavy atom. The van der Waals surface area contributed by atoms with E-state index in [-0.39, 0.29) is 0 Å². The van der Waals surface area contributed by atoms with Gasteiger partial charge in [0.2, 0.25) is 0 Å². The highest BCUT2D eigenvalue weighted by atomic mass is 16.5. The summed E-state index contributed by atoms with van der Waals surface area (Å²) in [7, 11) is 0. The molecule has 0 heterocycles. The second-order valence-corrected chi connectivity index (χ2v) is 1.12. The van der Waals surface area contributed by atoms with Gasteiger partial charge in [0.25, 0.3) is 0 Å². The molecule has 2 heteroatoms. The fourth-order valence-electron chi connectivity index (χ4n) is 0.280. The molecule has 10 heavy (non-hydrogen) atoms. The Kier molecular flexibility index (Phi) is 12.7. The molecule has 2 nitrogen and oxygen atoms in total. The summed E-state index contributed by atoms with van der Waals surface area (Å²) in [5.74, 6) is 0.551. The van der Waals surface area contributed by atoms with Gasteiger partial charge in [-0.3, -0.25) is 0 Å². The van der Waals surface area contributed by atoms with Crippen molar-refractivity contribution in [2.75, 3.05) is 0 Å². The number of rotatable bonds is 2. The van der Waals surface area contributed by atoms with Gasteiger partial charge < -0.3 is 4.74 Å². The first-order valence-electron chi connectivity index (χ1n) is 3.24. The maximum atomic E-state index is 4.72. The van der Waals surface area contributed by atoms with Crippen molar-refractivity contribution in [1.29, 1.82) is 0 Å². The van der Waals surface area contributed by atoms with E-state index >= 15 is 0 Å². The van der Waals surface area contributed by atoms with Crippen LogP contribution in [-0.2, 0) is 4.74 Å². The molecule has 0 N–H and O–H groups in total. The molecule has 0 aromatic heterocycles. The van der Waals surface area contributed by atoms with Crippen LogP contribution in [0.3, 0.4) is 0 Å². The number of ether oxygens (including phenoxy) is 1. The highest BCUT2D eigenvalue weighted by molar-refractivity contribution is 5.74. The first-order valence-corrected chi connectivity index (χ1v) is 3.24. The lowest BCUT2D eigenvalue weighted by Gasteiger charge is -1.91. The van der Waals surface area contributed by atoms with E-state index in [2.05, 4.69) is 18.2 Å². The van der Waals surface area contributed by atoms with Crippen molar-refractivity contribution in [3.8, 4) is 0 Å². The van der Waals surface area contributed by atoms with Gasteiger partial charge in [-0.1, -0.05) is 27.0 Å². The molecule has 0 bridgehead atoms. The van der Waals surface area contributed by atoms with E-state index in [0.717, 1.165) is 0 Å². The molecule has 0 aliphatic carbocycles. The average molecular weight is 141 g/mol. The molecular formula is C8H15NO. The fraction of sp³-hybridized carbons (Fsp3) is 0.375. The van der Waals surface area contributed by atoms with Crippen molar-refractivity contribution in [2.45, 2.75) is 20.8 Å². The second kappa shape index (κ2) is 10.8. The second-order valence-electron chi connectivity index (χ2n) is 1.12. The lowest BCUT2D eigenvalue weighted by atomic mass is 10.7. The van der Waals surface area contributed by atoms with Crippen LogP contribution in [0.5, 0.6) is 0 Å². The van der Waals surface area contributed by atoms with Crippen molar-refractivity contribution < 1.29 is 4.74 Å². The Bertz CT molecular complexity index is 116. The highest BCUT2D eigenvalue weighted by Crippen LogP contribution is 1.80. The fourth-order valence-corrected chi connectivity index (χ4v) is 0.280. The third kappa shape index (κ3) is 10.0. The highest BCUT2D eigenvalue weighted by Gasteiger charge is 1.79. The monoisotopic (exact) mass is 141 g/mol. The van der Waals surface area contributed by atoms with Gasteiger partial charge in [-0.15, -0.1) is 0 Å². The molecule has 0 fully saturated rings. The van der Waals surface area contributed by atoms with Gasteiger partial charge in [0.1, 0.15) is 0 Å². The van der Waals surface area contributed by atoms with Crippen LogP contribution in [0.1, 0.15) is 20.8 Å². The Hall–Kier alpha value is -1.05. The molecule has 0 rings (SSSR count). The maximum Gasteiger partial charge on any atom is 0.190 e. The summed E-state index contributed by atoms with van der Waals surface area (Å²) in [6, 6.07) is 0. The summed E-state index contributed by atoms with van der Waals surface area (Å²) in [6.07, 6.45) is 2.74. The Morgan fingerprint density at radius 3 is 2.20 bits per heavy atom. The lowest BCUT2D eigenvalue weighted by Crippen LogP contribution is -1.89. The van der Waals surface area contributed by atoms with Crippen LogP contribution in [0.25, 0.3) is 0 Å². The van der Waals surface area contributed by atoms with Gasteiger partial charge in [0.15, 0.2) is 5.90 Å². The SMILES string of the molecule is C=CN=C(C)OC=C.CC. The predicted molar refractivity (Wildman–Crippen MR) is 45.9 cm³/mol. The van der Waals surface area contributed by atoms with E-state index < -0.39 is 0 Å². The summed E-state index contributed by atoms with van der Waals surface area (Å²) in [4.78, 5) is 3.70. The Labute approximate surface area is 62.9 Å². The van der Waals surface area contributed by atoms with Crippen molar-refractivity contribution in [1.82, 2.24) is 0 Å². The van der Waals surface area contributed by atoms with Gasteiger partial charge in [0, 0.05) is 13.1 Å². The normalized spacial score (nSPS) is 8.90. The van der Waals surface area contributed by atoms with Gasteiger partial charge in [-0.25, -0.2) is 4.99 Å². The predicted octanol–water partition coefficient (Wildman–Crippen LogP) is 2.73. The van der Waals surface area contributed by atoms with Crippen LogP contribution in [0.2, 0.25) is 0 Å². The van der Waals surface area contributed by atoms with Gasteiger partial charge >= 0.3 is 0 Å². The smallest absolute Gasteiger partial charge is 0.190 e. The molecule has 0 aliphatic heterocycles. The van der Waals surface area contributed by atoms with E-state index in [4.69, 9.17) is 4.74 Å². The van der Waals surface area contributed by atoms with Crippen LogP contribution in [-0.4, -0.2) is 5.90 Å². The van der Waals surface area contributed by atoms with Gasteiger partial charge in [-0.05, 0) is 0 Å². The van der Waals surface area contributed by atoms with Crippen LogP contribution >= 0.6 is 0 Å². The lowest BCUT2D eigenvalue weighted by molar-refractivity contribution is 0.470. The first-order chi connectivity index (χ1) is 4.81. The molecule has 0 aromatic rings. The van der Waals surface area contributed by atoms with E-state index in [1.54, 1.807) is 6.92 Å².